The molecule has 0 amide bonds. The van der Waals surface area contributed by atoms with E-state index in [1.807, 2.05) is 18.2 Å². The molecule has 1 aromatic heterocycles. The third-order valence-electron chi connectivity index (χ3n) is 6.20. The van der Waals surface area contributed by atoms with Crippen molar-refractivity contribution in [1.82, 2.24) is 0 Å². The maximum atomic E-state index is 6.26. The third-order valence-corrected chi connectivity index (χ3v) is 6.20. The lowest BCUT2D eigenvalue weighted by Gasteiger charge is -2.22. The Morgan fingerprint density at radius 1 is 1.04 bits per heavy atom. The van der Waals surface area contributed by atoms with Gasteiger partial charge < -0.3 is 4.42 Å². The van der Waals surface area contributed by atoms with Crippen molar-refractivity contribution in [2.45, 2.75) is 31.6 Å². The minimum atomic E-state index is -0.0139. The number of para-hydroxylation sites is 1. The van der Waals surface area contributed by atoms with Gasteiger partial charge in [-0.2, -0.15) is 0 Å². The van der Waals surface area contributed by atoms with E-state index in [9.17, 15) is 0 Å². The Morgan fingerprint density at radius 3 is 2.65 bits per heavy atom. The molecule has 0 aliphatic heterocycles. The zero-order valence-corrected chi connectivity index (χ0v) is 15.3. The van der Waals surface area contributed by atoms with Crippen molar-refractivity contribution in [3.8, 4) is 0 Å². The Bertz CT molecular complexity index is 1220. The predicted octanol–water partition coefficient (Wildman–Crippen LogP) is 7.25. The van der Waals surface area contributed by atoms with E-state index in [-0.39, 0.29) is 5.41 Å². The molecule has 0 N–H and O–H groups in total. The zero-order chi connectivity index (χ0) is 18.1. The van der Waals surface area contributed by atoms with Crippen LogP contribution in [0.2, 0.25) is 0 Å². The van der Waals surface area contributed by atoms with Crippen LogP contribution in [0.1, 0.15) is 37.3 Å². The molecule has 1 unspecified atom stereocenters. The summed E-state index contributed by atoms with van der Waals surface area (Å²) in [7, 11) is 0. The Kier molecular flexibility index (Phi) is 3.04. The minimum absolute atomic E-state index is 0.0139. The molecule has 0 saturated heterocycles. The molecule has 0 fully saturated rings. The monoisotopic (exact) mass is 338 g/mol. The second-order valence-corrected chi connectivity index (χ2v) is 7.93. The molecule has 1 heterocycles. The topological polar surface area (TPSA) is 13.1 Å². The van der Waals surface area contributed by atoms with Crippen LogP contribution in [0.5, 0.6) is 0 Å². The first-order valence-electron chi connectivity index (χ1n) is 9.21. The standard InChI is InChI=1S/C25H22O/c1-5-8-17-15(2)25(3,4)22-13-16-11-12-19-18-9-6-7-10-23(18)26-24(19)20(16)14-21(17)22/h5-7,9-14,17H,1-2,8H2,3-4H3. The largest absolute Gasteiger partial charge is 0.455 e. The number of fused-ring (bicyclic) bond motifs is 6. The first-order valence-corrected chi connectivity index (χ1v) is 9.21. The molecule has 3 aromatic carbocycles. The molecule has 0 radical (unpaired) electrons. The highest BCUT2D eigenvalue weighted by Crippen LogP contribution is 2.52. The van der Waals surface area contributed by atoms with Gasteiger partial charge in [0.2, 0.25) is 0 Å². The molecule has 1 nitrogen and oxygen atoms in total. The Hall–Kier alpha value is -2.80. The average Bonchev–Trinajstić information content (AvgIpc) is 3.10. The number of hydrogen-bond acceptors (Lipinski definition) is 1. The maximum absolute atomic E-state index is 6.26. The summed E-state index contributed by atoms with van der Waals surface area (Å²) < 4.78 is 6.26. The van der Waals surface area contributed by atoms with Crippen molar-refractivity contribution in [2.75, 3.05) is 0 Å². The Morgan fingerprint density at radius 2 is 1.85 bits per heavy atom. The highest BCUT2D eigenvalue weighted by molar-refractivity contribution is 6.15. The quantitative estimate of drug-likeness (QED) is 0.351. The van der Waals surface area contributed by atoms with Crippen molar-refractivity contribution in [3.63, 3.8) is 0 Å². The fourth-order valence-electron chi connectivity index (χ4n) is 4.63. The summed E-state index contributed by atoms with van der Waals surface area (Å²) in [5.74, 6) is 0.335. The second kappa shape index (κ2) is 5.11. The summed E-state index contributed by atoms with van der Waals surface area (Å²) in [6, 6.07) is 17.3. The summed E-state index contributed by atoms with van der Waals surface area (Å²) >= 11 is 0. The summed E-state index contributed by atoms with van der Waals surface area (Å²) in [5, 5.41) is 4.79. The van der Waals surface area contributed by atoms with E-state index < -0.39 is 0 Å². The van der Waals surface area contributed by atoms with Crippen molar-refractivity contribution in [1.29, 1.82) is 0 Å². The number of hydrogen-bond donors (Lipinski definition) is 0. The minimum Gasteiger partial charge on any atom is -0.455 e. The van der Waals surface area contributed by atoms with Gasteiger partial charge in [0, 0.05) is 27.5 Å². The molecule has 1 aliphatic rings. The lowest BCUT2D eigenvalue weighted by atomic mass is 9.81. The van der Waals surface area contributed by atoms with Crippen LogP contribution in [0.4, 0.5) is 0 Å². The van der Waals surface area contributed by atoms with Gasteiger partial charge in [-0.15, -0.1) is 6.58 Å². The van der Waals surface area contributed by atoms with Gasteiger partial charge >= 0.3 is 0 Å². The summed E-state index contributed by atoms with van der Waals surface area (Å²) in [6.07, 6.45) is 2.93. The van der Waals surface area contributed by atoms with Crippen LogP contribution < -0.4 is 0 Å². The fourth-order valence-corrected chi connectivity index (χ4v) is 4.63. The number of rotatable bonds is 2. The van der Waals surface area contributed by atoms with Crippen LogP contribution in [0.15, 0.2) is 77.8 Å². The van der Waals surface area contributed by atoms with Gasteiger partial charge in [-0.3, -0.25) is 0 Å². The number of allylic oxidation sites excluding steroid dienone is 2. The summed E-state index contributed by atoms with van der Waals surface area (Å²) in [5.41, 5.74) is 5.96. The fraction of sp³-hybridized carbons (Fsp3) is 0.200. The molecular weight excluding hydrogens is 316 g/mol. The normalized spacial score (nSPS) is 18.7. The van der Waals surface area contributed by atoms with Gasteiger partial charge in [0.25, 0.3) is 0 Å². The van der Waals surface area contributed by atoms with E-state index in [2.05, 4.69) is 63.4 Å². The number of furan rings is 1. The predicted molar refractivity (Wildman–Crippen MR) is 111 cm³/mol. The first-order chi connectivity index (χ1) is 12.5. The van der Waals surface area contributed by atoms with Gasteiger partial charge in [-0.25, -0.2) is 0 Å². The maximum Gasteiger partial charge on any atom is 0.143 e. The molecule has 0 saturated carbocycles. The van der Waals surface area contributed by atoms with E-state index in [1.165, 1.54) is 38.2 Å². The van der Waals surface area contributed by atoms with Gasteiger partial charge in [-0.1, -0.05) is 56.3 Å². The molecule has 5 rings (SSSR count). The van der Waals surface area contributed by atoms with Crippen LogP contribution in [-0.4, -0.2) is 0 Å². The second-order valence-electron chi connectivity index (χ2n) is 7.93. The Balaban J connectivity index is 1.89. The van der Waals surface area contributed by atoms with Crippen LogP contribution in [-0.2, 0) is 5.41 Å². The summed E-state index contributed by atoms with van der Waals surface area (Å²) in [4.78, 5) is 0. The third kappa shape index (κ3) is 1.86. The molecule has 1 heteroatoms. The van der Waals surface area contributed by atoms with Crippen molar-refractivity contribution in [2.24, 2.45) is 0 Å². The van der Waals surface area contributed by atoms with E-state index >= 15 is 0 Å². The SMILES string of the molecule is C=CCC1C(=C)C(C)(C)c2cc3ccc4c5ccccc5oc4c3cc21. The van der Waals surface area contributed by atoms with E-state index in [4.69, 9.17) is 4.42 Å². The van der Waals surface area contributed by atoms with Gasteiger partial charge in [0.15, 0.2) is 0 Å². The zero-order valence-electron chi connectivity index (χ0n) is 15.3. The molecule has 4 aromatic rings. The van der Waals surface area contributed by atoms with Crippen LogP contribution >= 0.6 is 0 Å². The van der Waals surface area contributed by atoms with Gasteiger partial charge in [0.05, 0.1) is 0 Å². The van der Waals surface area contributed by atoms with Crippen molar-refractivity contribution >= 4 is 32.7 Å². The van der Waals surface area contributed by atoms with E-state index in [0.717, 1.165) is 17.6 Å². The lowest BCUT2D eigenvalue weighted by molar-refractivity contribution is 0.619. The smallest absolute Gasteiger partial charge is 0.143 e. The first kappa shape index (κ1) is 15.5. The molecule has 1 atom stereocenters. The highest BCUT2D eigenvalue weighted by Gasteiger charge is 2.40. The average molecular weight is 338 g/mol. The van der Waals surface area contributed by atoms with Crippen molar-refractivity contribution in [3.05, 3.63) is 84.5 Å². The number of benzene rings is 3. The Labute approximate surface area is 153 Å². The lowest BCUT2D eigenvalue weighted by Crippen LogP contribution is -2.15. The van der Waals surface area contributed by atoms with E-state index in [1.54, 1.807) is 0 Å². The van der Waals surface area contributed by atoms with Crippen LogP contribution in [0.25, 0.3) is 32.7 Å². The van der Waals surface area contributed by atoms with Crippen LogP contribution in [0.3, 0.4) is 0 Å². The van der Waals surface area contributed by atoms with Gasteiger partial charge in [-0.05, 0) is 47.2 Å². The van der Waals surface area contributed by atoms with Crippen molar-refractivity contribution < 1.29 is 4.42 Å². The molecule has 26 heavy (non-hydrogen) atoms. The molecule has 1 aliphatic carbocycles. The van der Waals surface area contributed by atoms with Crippen LogP contribution in [0, 0.1) is 0 Å². The van der Waals surface area contributed by atoms with E-state index in [0.29, 0.717) is 5.92 Å². The molecule has 0 spiro atoms. The molecule has 128 valence electrons. The summed E-state index contributed by atoms with van der Waals surface area (Å²) in [6.45, 7) is 13.0. The molecular formula is C25H22O. The highest BCUT2D eigenvalue weighted by atomic mass is 16.3. The van der Waals surface area contributed by atoms with Gasteiger partial charge in [0.1, 0.15) is 11.2 Å². The molecule has 0 bridgehead atoms.